The minimum Gasteiger partial charge on any atom is -0.284 e. The molecule has 0 atom stereocenters. The van der Waals surface area contributed by atoms with Crippen LogP contribution >= 0.6 is 0 Å². The second kappa shape index (κ2) is 5.45. The first-order valence-electron chi connectivity index (χ1n) is 6.05. The molecule has 0 aliphatic carbocycles. The van der Waals surface area contributed by atoms with Crippen molar-refractivity contribution < 1.29 is 8.42 Å². The Kier molecular flexibility index (Phi) is 3.90. The highest BCUT2D eigenvalue weighted by Gasteiger charge is 2.02. The van der Waals surface area contributed by atoms with Crippen LogP contribution in [0.2, 0.25) is 0 Å². The zero-order chi connectivity index (χ0) is 13.9. The van der Waals surface area contributed by atoms with Gasteiger partial charge in [0.05, 0.1) is 6.26 Å². The molecule has 0 saturated carbocycles. The number of hydrogen-bond acceptors (Lipinski definition) is 2. The zero-order valence-corrected chi connectivity index (χ0v) is 11.9. The van der Waals surface area contributed by atoms with E-state index in [9.17, 15) is 8.42 Å². The largest absolute Gasteiger partial charge is 0.284 e. The maximum absolute atomic E-state index is 11.1. The molecule has 0 radical (unpaired) electrons. The van der Waals surface area contributed by atoms with Crippen molar-refractivity contribution in [3.63, 3.8) is 0 Å². The molecule has 2 rings (SSSR count). The Morgan fingerprint density at radius 3 is 1.84 bits per heavy atom. The summed E-state index contributed by atoms with van der Waals surface area (Å²) in [4.78, 5) is 0. The fourth-order valence-corrected chi connectivity index (χ4v) is 2.41. The van der Waals surface area contributed by atoms with Crippen LogP contribution < -0.4 is 4.72 Å². The monoisotopic (exact) mass is 275 g/mol. The number of rotatable bonds is 4. The fraction of sp³-hybridized carbons (Fsp3) is 0.200. The van der Waals surface area contributed by atoms with Crippen molar-refractivity contribution in [1.82, 2.24) is 0 Å². The van der Waals surface area contributed by atoms with Crippen molar-refractivity contribution in [1.29, 1.82) is 0 Å². The van der Waals surface area contributed by atoms with E-state index in [1.54, 1.807) is 12.1 Å². The van der Waals surface area contributed by atoms with E-state index in [1.165, 1.54) is 11.1 Å². The third-order valence-electron chi connectivity index (χ3n) is 2.79. The lowest BCUT2D eigenvalue weighted by Crippen LogP contribution is -2.09. The Morgan fingerprint density at radius 1 is 0.895 bits per heavy atom. The molecule has 0 unspecified atom stereocenters. The first-order valence-corrected chi connectivity index (χ1v) is 7.94. The fourth-order valence-electron chi connectivity index (χ4n) is 1.85. The molecule has 19 heavy (non-hydrogen) atoms. The van der Waals surface area contributed by atoms with E-state index in [-0.39, 0.29) is 0 Å². The predicted octanol–water partition coefficient (Wildman–Crippen LogP) is 2.96. The van der Waals surface area contributed by atoms with Gasteiger partial charge in [-0.05, 0) is 36.6 Å². The van der Waals surface area contributed by atoms with E-state index in [4.69, 9.17) is 0 Å². The van der Waals surface area contributed by atoms with E-state index in [0.29, 0.717) is 5.69 Å². The van der Waals surface area contributed by atoms with Crippen LogP contribution in [0.4, 0.5) is 5.69 Å². The Labute approximate surface area is 114 Å². The number of hydrogen-bond donors (Lipinski definition) is 1. The highest BCUT2D eigenvalue weighted by Crippen LogP contribution is 2.14. The maximum Gasteiger partial charge on any atom is 0.229 e. The SMILES string of the molecule is Cc1ccc(Cc2ccc(NS(C)(=O)=O)cc2)cc1. The first kappa shape index (κ1) is 13.6. The van der Waals surface area contributed by atoms with Crippen LogP contribution in [0.15, 0.2) is 48.5 Å². The standard InChI is InChI=1S/C15H17NO2S/c1-12-3-5-13(6-4-12)11-14-7-9-15(10-8-14)16-19(2,17)18/h3-10,16H,11H2,1-2H3. The Bertz CT molecular complexity index is 644. The summed E-state index contributed by atoms with van der Waals surface area (Å²) in [5, 5.41) is 0. The van der Waals surface area contributed by atoms with Crippen LogP contribution in [-0.2, 0) is 16.4 Å². The van der Waals surface area contributed by atoms with Crippen LogP contribution in [0.3, 0.4) is 0 Å². The van der Waals surface area contributed by atoms with Crippen molar-refractivity contribution in [3.8, 4) is 0 Å². The van der Waals surface area contributed by atoms with Gasteiger partial charge < -0.3 is 0 Å². The number of nitrogens with one attached hydrogen (secondary N) is 1. The van der Waals surface area contributed by atoms with Gasteiger partial charge in [0.1, 0.15) is 0 Å². The van der Waals surface area contributed by atoms with Crippen molar-refractivity contribution in [2.75, 3.05) is 11.0 Å². The van der Waals surface area contributed by atoms with Crippen LogP contribution in [0, 0.1) is 6.92 Å². The molecule has 2 aromatic rings. The van der Waals surface area contributed by atoms with E-state index >= 15 is 0 Å². The molecule has 1 N–H and O–H groups in total. The Morgan fingerprint density at radius 2 is 1.37 bits per heavy atom. The molecule has 100 valence electrons. The smallest absolute Gasteiger partial charge is 0.229 e. The summed E-state index contributed by atoms with van der Waals surface area (Å²) in [6, 6.07) is 15.8. The van der Waals surface area contributed by atoms with Gasteiger partial charge in [0.15, 0.2) is 0 Å². The molecular formula is C15H17NO2S. The van der Waals surface area contributed by atoms with Crippen LogP contribution in [-0.4, -0.2) is 14.7 Å². The normalized spacial score (nSPS) is 11.3. The number of sulfonamides is 1. The molecule has 0 fully saturated rings. The Balaban J connectivity index is 2.08. The molecule has 2 aromatic carbocycles. The number of anilines is 1. The van der Waals surface area contributed by atoms with Crippen LogP contribution in [0.5, 0.6) is 0 Å². The Hall–Kier alpha value is -1.81. The van der Waals surface area contributed by atoms with Gasteiger partial charge in [-0.25, -0.2) is 8.42 Å². The number of aryl methyl sites for hydroxylation is 1. The second-order valence-electron chi connectivity index (χ2n) is 4.73. The molecule has 0 amide bonds. The summed E-state index contributed by atoms with van der Waals surface area (Å²) in [5.41, 5.74) is 4.24. The van der Waals surface area contributed by atoms with Gasteiger partial charge in [0.2, 0.25) is 10.0 Å². The van der Waals surface area contributed by atoms with Crippen LogP contribution in [0.1, 0.15) is 16.7 Å². The molecule has 0 aliphatic rings. The third-order valence-corrected chi connectivity index (χ3v) is 3.39. The van der Waals surface area contributed by atoms with Gasteiger partial charge in [0, 0.05) is 5.69 Å². The van der Waals surface area contributed by atoms with E-state index in [1.807, 2.05) is 12.1 Å². The highest BCUT2D eigenvalue weighted by molar-refractivity contribution is 7.92. The predicted molar refractivity (Wildman–Crippen MR) is 78.9 cm³/mol. The summed E-state index contributed by atoms with van der Waals surface area (Å²) in [7, 11) is -3.20. The minimum absolute atomic E-state index is 0.593. The molecule has 3 nitrogen and oxygen atoms in total. The summed E-state index contributed by atoms with van der Waals surface area (Å²) in [6.45, 7) is 2.06. The molecule has 0 aliphatic heterocycles. The topological polar surface area (TPSA) is 46.2 Å². The summed E-state index contributed by atoms with van der Waals surface area (Å²) in [6.07, 6.45) is 1.99. The van der Waals surface area contributed by atoms with Crippen LogP contribution in [0.25, 0.3) is 0 Å². The van der Waals surface area contributed by atoms with Gasteiger partial charge in [-0.2, -0.15) is 0 Å². The highest BCUT2D eigenvalue weighted by atomic mass is 32.2. The lowest BCUT2D eigenvalue weighted by Gasteiger charge is -2.06. The molecular weight excluding hydrogens is 258 g/mol. The molecule has 4 heteroatoms. The summed E-state index contributed by atoms with van der Waals surface area (Å²) in [5.74, 6) is 0. The first-order chi connectivity index (χ1) is 8.92. The summed E-state index contributed by atoms with van der Waals surface area (Å²) >= 11 is 0. The van der Waals surface area contributed by atoms with Crippen molar-refractivity contribution in [2.45, 2.75) is 13.3 Å². The van der Waals surface area contributed by atoms with Gasteiger partial charge >= 0.3 is 0 Å². The van der Waals surface area contributed by atoms with Gasteiger partial charge in [0.25, 0.3) is 0 Å². The molecule has 0 spiro atoms. The van der Waals surface area contributed by atoms with E-state index < -0.39 is 10.0 Å². The quantitative estimate of drug-likeness (QED) is 0.932. The van der Waals surface area contributed by atoms with E-state index in [2.05, 4.69) is 35.9 Å². The third kappa shape index (κ3) is 4.41. The maximum atomic E-state index is 11.1. The lowest BCUT2D eigenvalue weighted by atomic mass is 10.0. The molecule has 0 bridgehead atoms. The lowest BCUT2D eigenvalue weighted by molar-refractivity contribution is 0.607. The minimum atomic E-state index is -3.20. The summed E-state index contributed by atoms with van der Waals surface area (Å²) < 4.78 is 24.6. The molecule has 0 aromatic heterocycles. The van der Waals surface area contributed by atoms with Crippen molar-refractivity contribution in [2.24, 2.45) is 0 Å². The van der Waals surface area contributed by atoms with E-state index in [0.717, 1.165) is 18.2 Å². The molecule has 0 heterocycles. The second-order valence-corrected chi connectivity index (χ2v) is 6.48. The average molecular weight is 275 g/mol. The zero-order valence-electron chi connectivity index (χ0n) is 11.1. The van der Waals surface area contributed by atoms with Gasteiger partial charge in [-0.15, -0.1) is 0 Å². The van der Waals surface area contributed by atoms with Crippen molar-refractivity contribution in [3.05, 3.63) is 65.2 Å². The number of benzene rings is 2. The van der Waals surface area contributed by atoms with Gasteiger partial charge in [-0.1, -0.05) is 42.0 Å². The van der Waals surface area contributed by atoms with Crippen molar-refractivity contribution >= 4 is 15.7 Å². The van der Waals surface area contributed by atoms with Gasteiger partial charge in [-0.3, -0.25) is 4.72 Å². The average Bonchev–Trinajstić information content (AvgIpc) is 2.33. The molecule has 0 saturated heterocycles.